The van der Waals surface area contributed by atoms with Gasteiger partial charge < -0.3 is 24.6 Å². The minimum Gasteiger partial charge on any atom is -0.457 e. The average Bonchev–Trinajstić information content (AvgIpc) is 3.26. The highest BCUT2D eigenvalue weighted by molar-refractivity contribution is 7.47. The lowest BCUT2D eigenvalue weighted by atomic mass is 10.0. The van der Waals surface area contributed by atoms with Gasteiger partial charge in [0.25, 0.3) is 0 Å². The number of carbonyl (C=O) groups excluding carboxylic acids is 1. The van der Waals surface area contributed by atoms with E-state index in [1.54, 1.807) is 0 Å². The van der Waals surface area contributed by atoms with E-state index in [0.29, 0.717) is 6.61 Å². The summed E-state index contributed by atoms with van der Waals surface area (Å²) in [6.07, 6.45) is 57.6. The Balaban J connectivity index is 4.10. The molecule has 0 radical (unpaired) electrons. The van der Waals surface area contributed by atoms with Crippen LogP contribution in [0.4, 0.5) is 0 Å². The molecule has 0 aliphatic carbocycles. The lowest BCUT2D eigenvalue weighted by Crippen LogP contribution is -2.29. The molecule has 9 nitrogen and oxygen atoms in total. The molecule has 3 N–H and O–H groups in total. The molecule has 0 aromatic rings. The molecule has 0 fully saturated rings. The molecule has 0 saturated carbocycles. The van der Waals surface area contributed by atoms with Crippen molar-refractivity contribution in [3.63, 3.8) is 0 Å². The molecule has 0 saturated heterocycles. The number of phosphoric acid groups is 1. The SMILES string of the molecule is CC/C=C\C/C=C\C/C=C\C/C=C\CCCCCCCOCC(COP(=O)(O)OCC(O)CO)OC(=O)CCCCCCCCCCCCC/C=C\CCCCCCCCCC. The van der Waals surface area contributed by atoms with E-state index in [4.69, 9.17) is 23.6 Å². The van der Waals surface area contributed by atoms with Gasteiger partial charge in [-0.3, -0.25) is 13.8 Å². The van der Waals surface area contributed by atoms with Gasteiger partial charge in [0.2, 0.25) is 0 Å². The van der Waals surface area contributed by atoms with Crippen molar-refractivity contribution in [3.8, 4) is 0 Å². The third-order valence-corrected chi connectivity index (χ3v) is 11.6. The number of hydrogen-bond donors (Lipinski definition) is 3. The summed E-state index contributed by atoms with van der Waals surface area (Å²) in [4.78, 5) is 22.7. The van der Waals surface area contributed by atoms with E-state index in [-0.39, 0.29) is 25.6 Å². The van der Waals surface area contributed by atoms with Crippen molar-refractivity contribution in [2.75, 3.05) is 33.0 Å². The summed E-state index contributed by atoms with van der Waals surface area (Å²) in [6.45, 7) is 3.38. The lowest BCUT2D eigenvalue weighted by molar-refractivity contribution is -0.154. The second kappa shape index (κ2) is 48.6. The summed E-state index contributed by atoms with van der Waals surface area (Å²) in [6, 6.07) is 0. The Morgan fingerprint density at radius 3 is 1.40 bits per heavy atom. The van der Waals surface area contributed by atoms with Gasteiger partial charge in [-0.2, -0.15) is 0 Å². The summed E-state index contributed by atoms with van der Waals surface area (Å²) in [5.74, 6) is -0.390. The number of rotatable bonds is 48. The van der Waals surface area contributed by atoms with Crippen LogP contribution in [0, 0.1) is 0 Å². The molecular formula is C52H95O9P. The van der Waals surface area contributed by atoms with E-state index < -0.39 is 33.2 Å². The van der Waals surface area contributed by atoms with Gasteiger partial charge in [0, 0.05) is 13.0 Å². The van der Waals surface area contributed by atoms with E-state index in [1.165, 1.54) is 116 Å². The molecular weight excluding hydrogens is 800 g/mol. The summed E-state index contributed by atoms with van der Waals surface area (Å²) in [5, 5.41) is 18.4. The third-order valence-electron chi connectivity index (χ3n) is 10.7. The fourth-order valence-electron chi connectivity index (χ4n) is 6.87. The van der Waals surface area contributed by atoms with Gasteiger partial charge in [0.15, 0.2) is 0 Å². The summed E-state index contributed by atoms with van der Waals surface area (Å²) in [5.41, 5.74) is 0. The molecule has 0 aliphatic rings. The van der Waals surface area contributed by atoms with Crippen LogP contribution < -0.4 is 0 Å². The highest BCUT2D eigenvalue weighted by atomic mass is 31.2. The number of ether oxygens (including phenoxy) is 2. The number of hydrogen-bond acceptors (Lipinski definition) is 8. The van der Waals surface area contributed by atoms with Crippen molar-refractivity contribution >= 4 is 13.8 Å². The molecule has 0 heterocycles. The van der Waals surface area contributed by atoms with E-state index in [9.17, 15) is 19.4 Å². The molecule has 0 bridgehead atoms. The van der Waals surface area contributed by atoms with E-state index >= 15 is 0 Å². The zero-order chi connectivity index (χ0) is 45.3. The molecule has 362 valence electrons. The van der Waals surface area contributed by atoms with Gasteiger partial charge in [-0.15, -0.1) is 0 Å². The summed E-state index contributed by atoms with van der Waals surface area (Å²) >= 11 is 0. The van der Waals surface area contributed by atoms with E-state index in [2.05, 4.69) is 74.6 Å². The largest absolute Gasteiger partial charge is 0.472 e. The minimum atomic E-state index is -4.53. The van der Waals surface area contributed by atoms with Gasteiger partial charge >= 0.3 is 13.8 Å². The van der Waals surface area contributed by atoms with Crippen LogP contribution in [0.5, 0.6) is 0 Å². The number of aliphatic hydroxyl groups excluding tert-OH is 2. The molecule has 0 spiro atoms. The quantitative estimate of drug-likeness (QED) is 0.0236. The van der Waals surface area contributed by atoms with E-state index in [1.807, 2.05) is 0 Å². The number of allylic oxidation sites excluding steroid dienone is 10. The van der Waals surface area contributed by atoms with Crippen molar-refractivity contribution in [3.05, 3.63) is 60.8 Å². The van der Waals surface area contributed by atoms with Crippen LogP contribution in [0.3, 0.4) is 0 Å². The molecule has 0 aliphatic heterocycles. The first kappa shape index (κ1) is 60.2. The summed E-state index contributed by atoms with van der Waals surface area (Å²) < 4.78 is 33.5. The lowest BCUT2D eigenvalue weighted by Gasteiger charge is -2.20. The second-order valence-electron chi connectivity index (χ2n) is 16.8. The Morgan fingerprint density at radius 1 is 0.516 bits per heavy atom. The zero-order valence-corrected chi connectivity index (χ0v) is 40.7. The van der Waals surface area contributed by atoms with Crippen LogP contribution in [-0.4, -0.2) is 66.3 Å². The molecule has 62 heavy (non-hydrogen) atoms. The van der Waals surface area contributed by atoms with Crippen molar-refractivity contribution < 1.29 is 43.0 Å². The van der Waals surface area contributed by atoms with Gasteiger partial charge in [-0.25, -0.2) is 4.57 Å². The molecule has 10 heteroatoms. The molecule has 3 unspecified atom stereocenters. The number of aliphatic hydroxyl groups is 2. The van der Waals surface area contributed by atoms with E-state index in [0.717, 1.165) is 83.5 Å². The number of esters is 1. The van der Waals surface area contributed by atoms with Crippen molar-refractivity contribution in [1.29, 1.82) is 0 Å². The fraction of sp³-hybridized carbons (Fsp3) is 0.788. The highest BCUT2D eigenvalue weighted by Crippen LogP contribution is 2.43. The molecule has 0 amide bonds. The molecule has 0 rings (SSSR count). The molecule has 3 atom stereocenters. The fourth-order valence-corrected chi connectivity index (χ4v) is 7.66. The topological polar surface area (TPSA) is 132 Å². The highest BCUT2D eigenvalue weighted by Gasteiger charge is 2.26. The van der Waals surface area contributed by atoms with Crippen molar-refractivity contribution in [2.24, 2.45) is 0 Å². The van der Waals surface area contributed by atoms with Crippen LogP contribution in [-0.2, 0) is 27.9 Å². The predicted molar refractivity (Wildman–Crippen MR) is 260 cm³/mol. The normalized spacial score (nSPS) is 14.3. The number of carbonyl (C=O) groups is 1. The second-order valence-corrected chi connectivity index (χ2v) is 18.3. The Morgan fingerprint density at radius 2 is 0.919 bits per heavy atom. The van der Waals surface area contributed by atoms with Gasteiger partial charge in [0.05, 0.1) is 26.4 Å². The van der Waals surface area contributed by atoms with Gasteiger partial charge in [-0.1, -0.05) is 197 Å². The standard InChI is InChI=1S/C52H95O9P/c1-3-5-7-9-11-13-15-17-19-21-23-24-25-26-27-28-30-32-34-36-38-40-42-44-52(55)61-51(49-60-62(56,57)59-47-50(54)46-53)48-58-45-43-41-39-37-35-33-31-29-22-20-18-16-14-12-10-8-6-4-2/h6,8,12,14,18,20-21,23,29,31,50-51,53-54H,3-5,7,9-11,13,15-17,19,22,24-28,30,32-49H2,1-2H3,(H,56,57)/b8-6-,14-12-,20-18-,23-21-,31-29-. The van der Waals surface area contributed by atoms with Crippen LogP contribution in [0.1, 0.15) is 219 Å². The Hall–Kier alpha value is -1.84. The average molecular weight is 895 g/mol. The first-order valence-corrected chi connectivity index (χ1v) is 26.8. The first-order chi connectivity index (χ1) is 30.3. The monoisotopic (exact) mass is 895 g/mol. The maximum absolute atomic E-state index is 12.7. The van der Waals surface area contributed by atoms with Gasteiger partial charge in [0.1, 0.15) is 12.2 Å². The number of phosphoric ester groups is 1. The summed E-state index contributed by atoms with van der Waals surface area (Å²) in [7, 11) is -4.53. The smallest absolute Gasteiger partial charge is 0.457 e. The zero-order valence-electron chi connectivity index (χ0n) is 39.8. The predicted octanol–water partition coefficient (Wildman–Crippen LogP) is 14.7. The Bertz CT molecular complexity index is 1150. The minimum absolute atomic E-state index is 0.0350. The maximum Gasteiger partial charge on any atom is 0.472 e. The van der Waals surface area contributed by atoms with Crippen molar-refractivity contribution in [2.45, 2.75) is 232 Å². The molecule has 0 aromatic heterocycles. The van der Waals surface area contributed by atoms with Crippen LogP contribution in [0.25, 0.3) is 0 Å². The third kappa shape index (κ3) is 47.6. The van der Waals surface area contributed by atoms with Crippen molar-refractivity contribution in [1.82, 2.24) is 0 Å². The first-order valence-electron chi connectivity index (χ1n) is 25.3. The maximum atomic E-state index is 12.7. The number of unbranched alkanes of at least 4 members (excludes halogenated alkanes) is 24. The molecule has 0 aromatic carbocycles. The Kier molecular flexibility index (Phi) is 47.2. The van der Waals surface area contributed by atoms with Crippen LogP contribution >= 0.6 is 7.82 Å². The van der Waals surface area contributed by atoms with Crippen LogP contribution in [0.15, 0.2) is 60.8 Å². The van der Waals surface area contributed by atoms with Crippen LogP contribution in [0.2, 0.25) is 0 Å². The van der Waals surface area contributed by atoms with Gasteiger partial charge in [-0.05, 0) is 77.0 Å². The Labute approximate surface area is 380 Å².